The molecular formula is C23H33N3O3. The van der Waals surface area contributed by atoms with Crippen LogP contribution in [0.25, 0.3) is 11.5 Å². The zero-order chi connectivity index (χ0) is 21.0. The molecule has 0 saturated carbocycles. The van der Waals surface area contributed by atoms with E-state index in [2.05, 4.69) is 4.90 Å². The second-order valence-electron chi connectivity index (χ2n) is 7.79. The van der Waals surface area contributed by atoms with Crippen LogP contribution in [0.2, 0.25) is 0 Å². The number of ether oxygens (including phenoxy) is 1. The average Bonchev–Trinajstić information content (AvgIpc) is 3.09. The third kappa shape index (κ3) is 4.81. The van der Waals surface area contributed by atoms with E-state index in [0.29, 0.717) is 12.4 Å². The second kappa shape index (κ2) is 9.44. The summed E-state index contributed by atoms with van der Waals surface area (Å²) in [6.07, 6.45) is 2.01. The molecule has 1 saturated heterocycles. The summed E-state index contributed by atoms with van der Waals surface area (Å²) < 4.78 is 11.3. The van der Waals surface area contributed by atoms with E-state index in [1.807, 2.05) is 50.8 Å². The van der Waals surface area contributed by atoms with Crippen LogP contribution in [0.3, 0.4) is 0 Å². The Morgan fingerprint density at radius 3 is 2.72 bits per heavy atom. The number of likely N-dealkylation sites (tertiary alicyclic amines) is 1. The molecule has 6 nitrogen and oxygen atoms in total. The predicted molar refractivity (Wildman–Crippen MR) is 114 cm³/mol. The first-order valence-corrected chi connectivity index (χ1v) is 10.6. The number of carbonyl (C=O) groups excluding carboxylic acids is 1. The van der Waals surface area contributed by atoms with Crippen molar-refractivity contribution >= 4 is 5.91 Å². The highest BCUT2D eigenvalue weighted by Crippen LogP contribution is 2.28. The summed E-state index contributed by atoms with van der Waals surface area (Å²) in [4.78, 5) is 21.8. The molecule has 0 bridgehead atoms. The second-order valence-corrected chi connectivity index (χ2v) is 7.79. The van der Waals surface area contributed by atoms with Crippen LogP contribution >= 0.6 is 0 Å². The lowest BCUT2D eigenvalue weighted by Crippen LogP contribution is -2.44. The molecule has 1 aliphatic rings. The van der Waals surface area contributed by atoms with E-state index in [1.54, 1.807) is 7.11 Å². The minimum absolute atomic E-state index is 0.0829. The summed E-state index contributed by atoms with van der Waals surface area (Å²) in [6, 6.07) is 5.95. The highest BCUT2D eigenvalue weighted by molar-refractivity contribution is 5.79. The SMILES string of the molecule is CCN(CC)C(=O)C1CCCN(Cc2nc(-c3ccc(OC)c(C)c3)oc2C)C1. The van der Waals surface area contributed by atoms with Crippen molar-refractivity contribution in [3.05, 3.63) is 35.2 Å². The fraction of sp³-hybridized carbons (Fsp3) is 0.565. The molecule has 1 aromatic heterocycles. The van der Waals surface area contributed by atoms with Crippen LogP contribution in [-0.2, 0) is 11.3 Å². The van der Waals surface area contributed by atoms with Crippen molar-refractivity contribution in [3.63, 3.8) is 0 Å². The number of hydrogen-bond acceptors (Lipinski definition) is 5. The third-order valence-corrected chi connectivity index (χ3v) is 5.84. The van der Waals surface area contributed by atoms with Crippen molar-refractivity contribution in [1.82, 2.24) is 14.8 Å². The summed E-state index contributed by atoms with van der Waals surface area (Å²) in [7, 11) is 1.67. The number of hydrogen-bond donors (Lipinski definition) is 0. The lowest BCUT2D eigenvalue weighted by Gasteiger charge is -2.34. The van der Waals surface area contributed by atoms with Crippen LogP contribution in [0.5, 0.6) is 5.75 Å². The zero-order valence-corrected chi connectivity index (χ0v) is 18.3. The summed E-state index contributed by atoms with van der Waals surface area (Å²) >= 11 is 0. The van der Waals surface area contributed by atoms with Gasteiger partial charge in [-0.1, -0.05) is 0 Å². The van der Waals surface area contributed by atoms with E-state index < -0.39 is 0 Å². The van der Waals surface area contributed by atoms with Crippen molar-refractivity contribution in [2.24, 2.45) is 5.92 Å². The Labute approximate surface area is 173 Å². The Morgan fingerprint density at radius 2 is 2.07 bits per heavy atom. The number of nitrogens with zero attached hydrogens (tertiary/aromatic N) is 3. The fourth-order valence-electron chi connectivity index (χ4n) is 4.12. The number of amides is 1. The average molecular weight is 400 g/mol. The summed E-state index contributed by atoms with van der Waals surface area (Å²) in [5.41, 5.74) is 2.95. The zero-order valence-electron chi connectivity index (χ0n) is 18.3. The smallest absolute Gasteiger partial charge is 0.226 e. The van der Waals surface area contributed by atoms with E-state index in [1.165, 1.54) is 0 Å². The Bertz CT molecular complexity index is 842. The topological polar surface area (TPSA) is 58.8 Å². The number of piperidine rings is 1. The van der Waals surface area contributed by atoms with Crippen molar-refractivity contribution in [2.45, 2.75) is 47.1 Å². The molecule has 2 heterocycles. The van der Waals surface area contributed by atoms with Crippen molar-refractivity contribution in [2.75, 3.05) is 33.3 Å². The van der Waals surface area contributed by atoms with Gasteiger partial charge >= 0.3 is 0 Å². The van der Waals surface area contributed by atoms with Gasteiger partial charge in [-0.2, -0.15) is 0 Å². The first-order valence-electron chi connectivity index (χ1n) is 10.6. The molecular weight excluding hydrogens is 366 g/mol. The molecule has 0 aliphatic carbocycles. The van der Waals surface area contributed by atoms with Gasteiger partial charge < -0.3 is 14.1 Å². The number of aryl methyl sites for hydroxylation is 2. The van der Waals surface area contributed by atoms with Gasteiger partial charge in [0.25, 0.3) is 0 Å². The molecule has 1 unspecified atom stereocenters. The van der Waals surface area contributed by atoms with Crippen molar-refractivity contribution < 1.29 is 13.9 Å². The minimum atomic E-state index is 0.0829. The quantitative estimate of drug-likeness (QED) is 0.703. The highest BCUT2D eigenvalue weighted by Gasteiger charge is 2.29. The molecule has 6 heteroatoms. The van der Waals surface area contributed by atoms with Gasteiger partial charge in [0, 0.05) is 31.7 Å². The molecule has 0 radical (unpaired) electrons. The monoisotopic (exact) mass is 399 g/mol. The van der Waals surface area contributed by atoms with Crippen LogP contribution in [0, 0.1) is 19.8 Å². The van der Waals surface area contributed by atoms with Gasteiger partial charge in [0.2, 0.25) is 11.8 Å². The maximum Gasteiger partial charge on any atom is 0.226 e. The molecule has 29 heavy (non-hydrogen) atoms. The first kappa shape index (κ1) is 21.4. The van der Waals surface area contributed by atoms with Crippen molar-refractivity contribution in [3.8, 4) is 17.2 Å². The Hall–Kier alpha value is -2.34. The predicted octanol–water partition coefficient (Wildman–Crippen LogP) is 4.05. The van der Waals surface area contributed by atoms with Gasteiger partial charge in [0.1, 0.15) is 11.5 Å². The molecule has 2 aromatic rings. The van der Waals surface area contributed by atoms with Crippen molar-refractivity contribution in [1.29, 1.82) is 0 Å². The van der Waals surface area contributed by atoms with E-state index in [9.17, 15) is 4.79 Å². The van der Waals surface area contributed by atoms with Gasteiger partial charge in [0.05, 0.1) is 18.7 Å². The number of benzene rings is 1. The lowest BCUT2D eigenvalue weighted by molar-refractivity contribution is -0.137. The fourth-order valence-corrected chi connectivity index (χ4v) is 4.12. The molecule has 1 atom stereocenters. The maximum absolute atomic E-state index is 12.8. The van der Waals surface area contributed by atoms with Gasteiger partial charge in [-0.05, 0) is 70.8 Å². The highest BCUT2D eigenvalue weighted by atomic mass is 16.5. The Morgan fingerprint density at radius 1 is 1.31 bits per heavy atom. The van der Waals surface area contributed by atoms with E-state index in [0.717, 1.165) is 67.4 Å². The van der Waals surface area contributed by atoms with Gasteiger partial charge in [-0.25, -0.2) is 4.98 Å². The van der Waals surface area contributed by atoms with E-state index in [4.69, 9.17) is 14.1 Å². The van der Waals surface area contributed by atoms with Gasteiger partial charge in [0.15, 0.2) is 0 Å². The third-order valence-electron chi connectivity index (χ3n) is 5.84. The summed E-state index contributed by atoms with van der Waals surface area (Å²) in [6.45, 7) is 12.1. The molecule has 0 spiro atoms. The number of carbonyl (C=O) groups is 1. The lowest BCUT2D eigenvalue weighted by atomic mass is 9.96. The number of oxazole rings is 1. The van der Waals surface area contributed by atoms with Crippen LogP contribution in [0.15, 0.2) is 22.6 Å². The van der Waals surface area contributed by atoms with Crippen LogP contribution in [0.1, 0.15) is 43.7 Å². The van der Waals surface area contributed by atoms with Crippen LogP contribution in [-0.4, -0.2) is 54.0 Å². The first-order chi connectivity index (χ1) is 14.0. The van der Waals surface area contributed by atoms with E-state index >= 15 is 0 Å². The maximum atomic E-state index is 12.8. The summed E-state index contributed by atoms with van der Waals surface area (Å²) in [5, 5.41) is 0. The van der Waals surface area contributed by atoms with Gasteiger partial charge in [-0.3, -0.25) is 9.69 Å². The largest absolute Gasteiger partial charge is 0.496 e. The van der Waals surface area contributed by atoms with Crippen LogP contribution in [0.4, 0.5) is 0 Å². The Kier molecular flexibility index (Phi) is 6.96. The van der Waals surface area contributed by atoms with Gasteiger partial charge in [-0.15, -0.1) is 0 Å². The molecule has 1 amide bonds. The normalized spacial score (nSPS) is 17.3. The molecule has 0 N–H and O–H groups in total. The molecule has 158 valence electrons. The van der Waals surface area contributed by atoms with E-state index in [-0.39, 0.29) is 11.8 Å². The van der Waals surface area contributed by atoms with Crippen LogP contribution < -0.4 is 4.74 Å². The summed E-state index contributed by atoms with van der Waals surface area (Å²) in [5.74, 6) is 2.70. The number of methoxy groups -OCH3 is 1. The Balaban J connectivity index is 1.71. The molecule has 1 aromatic carbocycles. The molecule has 3 rings (SSSR count). The molecule has 1 fully saturated rings. The number of aromatic nitrogens is 1. The number of rotatable bonds is 7. The molecule has 1 aliphatic heterocycles. The minimum Gasteiger partial charge on any atom is -0.496 e. The standard InChI is InChI=1S/C23H33N3O3/c1-6-26(7-2)23(27)19-9-8-12-25(14-19)15-20-17(4)29-22(24-20)18-10-11-21(28-5)16(3)13-18/h10-11,13,19H,6-9,12,14-15H2,1-5H3.